The third kappa shape index (κ3) is 2.78. The van der Waals surface area contributed by atoms with E-state index in [-0.39, 0.29) is 17.1 Å². The zero-order valence-corrected chi connectivity index (χ0v) is 12.2. The quantitative estimate of drug-likeness (QED) is 0.667. The van der Waals surface area contributed by atoms with E-state index in [1.54, 1.807) is 18.3 Å². The minimum atomic E-state index is -4.46. The van der Waals surface area contributed by atoms with Crippen LogP contribution in [0.4, 0.5) is 13.2 Å². The summed E-state index contributed by atoms with van der Waals surface area (Å²) in [7, 11) is 0. The van der Waals surface area contributed by atoms with E-state index < -0.39 is 11.7 Å². The highest BCUT2D eigenvalue weighted by atomic mass is 32.2. The number of nitrogens with zero attached hydrogens (tertiary/aromatic N) is 3. The largest absolute Gasteiger partial charge is 0.418 e. The Morgan fingerprint density at radius 2 is 2.09 bits per heavy atom. The molecule has 3 rings (SSSR count). The molecule has 0 aliphatic carbocycles. The van der Waals surface area contributed by atoms with Gasteiger partial charge in [0.2, 0.25) is 11.6 Å². The van der Waals surface area contributed by atoms with Crippen LogP contribution in [0.5, 0.6) is 0 Å². The lowest BCUT2D eigenvalue weighted by molar-refractivity contribution is -0.137. The van der Waals surface area contributed by atoms with Crippen LogP contribution in [0, 0.1) is 0 Å². The summed E-state index contributed by atoms with van der Waals surface area (Å²) in [6.45, 7) is 1.98. The van der Waals surface area contributed by atoms with Crippen LogP contribution in [0.1, 0.15) is 12.5 Å². The lowest BCUT2D eigenvalue weighted by Gasteiger charge is -2.03. The Morgan fingerprint density at radius 1 is 1.27 bits per heavy atom. The standard InChI is InChI=1S/C14H10F3N3OS/c1-2-22-13-9(4-3-5-18-13)11-20-10-6-8(14(15,16)17)7-19-12(10)21-11/h3-7H,2H2,1H3. The van der Waals surface area contributed by atoms with Gasteiger partial charge in [0.15, 0.2) is 0 Å². The molecule has 0 bridgehead atoms. The molecule has 114 valence electrons. The van der Waals surface area contributed by atoms with Crippen LogP contribution in [-0.2, 0) is 6.18 Å². The Kier molecular flexibility index (Phi) is 3.78. The molecule has 4 nitrogen and oxygen atoms in total. The SMILES string of the molecule is CCSc1ncccc1-c1nc2cc(C(F)(F)F)cnc2o1. The van der Waals surface area contributed by atoms with Crippen molar-refractivity contribution in [3.63, 3.8) is 0 Å². The van der Waals surface area contributed by atoms with E-state index in [9.17, 15) is 13.2 Å². The summed E-state index contributed by atoms with van der Waals surface area (Å²) in [5.41, 5.74) is -0.0736. The highest BCUT2D eigenvalue weighted by Crippen LogP contribution is 2.33. The van der Waals surface area contributed by atoms with Gasteiger partial charge in [-0.2, -0.15) is 13.2 Å². The van der Waals surface area contributed by atoms with Crippen molar-refractivity contribution < 1.29 is 17.6 Å². The van der Waals surface area contributed by atoms with E-state index in [0.29, 0.717) is 10.6 Å². The van der Waals surface area contributed by atoms with Gasteiger partial charge in [-0.15, -0.1) is 11.8 Å². The smallest absolute Gasteiger partial charge is 0.417 e. The molecule has 0 unspecified atom stereocenters. The second-order valence-electron chi connectivity index (χ2n) is 4.35. The lowest BCUT2D eigenvalue weighted by atomic mass is 10.2. The Morgan fingerprint density at radius 3 is 2.82 bits per heavy atom. The van der Waals surface area contributed by atoms with Gasteiger partial charge in [-0.1, -0.05) is 6.92 Å². The van der Waals surface area contributed by atoms with Crippen molar-refractivity contribution >= 4 is 23.0 Å². The van der Waals surface area contributed by atoms with Gasteiger partial charge in [-0.25, -0.2) is 15.0 Å². The summed E-state index contributed by atoms with van der Waals surface area (Å²) < 4.78 is 43.6. The Labute approximate surface area is 127 Å². The molecule has 0 radical (unpaired) electrons. The molecule has 0 N–H and O–H groups in total. The number of alkyl halides is 3. The van der Waals surface area contributed by atoms with E-state index in [0.717, 1.165) is 18.0 Å². The topological polar surface area (TPSA) is 51.8 Å². The molecule has 0 saturated heterocycles. The molecule has 3 heterocycles. The fraction of sp³-hybridized carbons (Fsp3) is 0.214. The van der Waals surface area contributed by atoms with E-state index >= 15 is 0 Å². The Bertz CT molecular complexity index is 816. The van der Waals surface area contributed by atoms with Crippen molar-refractivity contribution in [3.8, 4) is 11.5 Å². The minimum absolute atomic E-state index is 0.0688. The Balaban J connectivity index is 2.09. The summed E-state index contributed by atoms with van der Waals surface area (Å²) >= 11 is 1.50. The summed E-state index contributed by atoms with van der Waals surface area (Å²) in [6, 6.07) is 4.41. The van der Waals surface area contributed by atoms with E-state index in [1.165, 1.54) is 11.8 Å². The third-order valence-corrected chi connectivity index (χ3v) is 3.74. The molecule has 8 heteroatoms. The first-order chi connectivity index (χ1) is 10.5. The normalized spacial score (nSPS) is 12.0. The number of oxazole rings is 1. The van der Waals surface area contributed by atoms with E-state index in [2.05, 4.69) is 15.0 Å². The number of hydrogen-bond donors (Lipinski definition) is 0. The molecular weight excluding hydrogens is 315 g/mol. The van der Waals surface area contributed by atoms with Gasteiger partial charge in [0.05, 0.1) is 11.1 Å². The number of pyridine rings is 2. The van der Waals surface area contributed by atoms with Crippen LogP contribution >= 0.6 is 11.8 Å². The highest BCUT2D eigenvalue weighted by molar-refractivity contribution is 7.99. The number of aromatic nitrogens is 3. The van der Waals surface area contributed by atoms with Crippen molar-refractivity contribution in [2.75, 3.05) is 5.75 Å². The van der Waals surface area contributed by atoms with E-state index in [4.69, 9.17) is 4.42 Å². The maximum atomic E-state index is 12.7. The molecular formula is C14H10F3N3OS. The van der Waals surface area contributed by atoms with Crippen LogP contribution in [-0.4, -0.2) is 20.7 Å². The van der Waals surface area contributed by atoms with Crippen molar-refractivity contribution in [2.24, 2.45) is 0 Å². The number of fused-ring (bicyclic) bond motifs is 1. The van der Waals surface area contributed by atoms with Crippen LogP contribution in [0.25, 0.3) is 22.7 Å². The molecule has 0 fully saturated rings. The Hall–Kier alpha value is -2.09. The van der Waals surface area contributed by atoms with Gasteiger partial charge < -0.3 is 4.42 Å². The second kappa shape index (κ2) is 5.60. The number of hydrogen-bond acceptors (Lipinski definition) is 5. The van der Waals surface area contributed by atoms with Gasteiger partial charge in [0, 0.05) is 12.4 Å². The molecule has 0 saturated carbocycles. The first-order valence-corrected chi connectivity index (χ1v) is 7.39. The zero-order chi connectivity index (χ0) is 15.7. The molecule has 0 spiro atoms. The summed E-state index contributed by atoms with van der Waals surface area (Å²) in [5.74, 6) is 1.02. The van der Waals surface area contributed by atoms with Crippen molar-refractivity contribution in [1.29, 1.82) is 0 Å². The third-order valence-electron chi connectivity index (χ3n) is 2.86. The van der Waals surface area contributed by atoms with Gasteiger partial charge in [0.1, 0.15) is 10.5 Å². The molecule has 0 aliphatic heterocycles. The van der Waals surface area contributed by atoms with Crippen LogP contribution in [0.15, 0.2) is 40.0 Å². The zero-order valence-electron chi connectivity index (χ0n) is 11.4. The summed E-state index contributed by atoms with van der Waals surface area (Å²) in [5, 5.41) is 0.715. The first-order valence-electron chi connectivity index (χ1n) is 6.41. The monoisotopic (exact) mass is 325 g/mol. The predicted molar refractivity (Wildman–Crippen MR) is 76.4 cm³/mol. The van der Waals surface area contributed by atoms with Gasteiger partial charge >= 0.3 is 6.18 Å². The summed E-state index contributed by atoms with van der Waals surface area (Å²) in [4.78, 5) is 12.0. The lowest BCUT2D eigenvalue weighted by Crippen LogP contribution is -2.04. The maximum absolute atomic E-state index is 12.7. The second-order valence-corrected chi connectivity index (χ2v) is 5.61. The molecule has 0 amide bonds. The molecule has 22 heavy (non-hydrogen) atoms. The van der Waals surface area contributed by atoms with Gasteiger partial charge in [-0.3, -0.25) is 0 Å². The van der Waals surface area contributed by atoms with Crippen LogP contribution in [0.2, 0.25) is 0 Å². The maximum Gasteiger partial charge on any atom is 0.417 e. The number of thioether (sulfide) groups is 1. The average molecular weight is 325 g/mol. The highest BCUT2D eigenvalue weighted by Gasteiger charge is 2.31. The molecule has 0 aromatic carbocycles. The van der Waals surface area contributed by atoms with Crippen LogP contribution < -0.4 is 0 Å². The fourth-order valence-electron chi connectivity index (χ4n) is 1.90. The molecule has 0 aliphatic rings. The average Bonchev–Trinajstić information content (AvgIpc) is 2.90. The first kappa shape index (κ1) is 14.8. The number of rotatable bonds is 3. The van der Waals surface area contributed by atoms with Crippen LogP contribution in [0.3, 0.4) is 0 Å². The van der Waals surface area contributed by atoms with Gasteiger partial charge in [0.25, 0.3) is 0 Å². The minimum Gasteiger partial charge on any atom is -0.418 e. The molecule has 3 aromatic heterocycles. The summed E-state index contributed by atoms with van der Waals surface area (Å²) in [6.07, 6.45) is -2.08. The predicted octanol–water partition coefficient (Wildman–Crippen LogP) is 4.42. The molecule has 0 atom stereocenters. The number of halogens is 3. The van der Waals surface area contributed by atoms with Crippen molar-refractivity contribution in [2.45, 2.75) is 18.1 Å². The van der Waals surface area contributed by atoms with Crippen molar-refractivity contribution in [1.82, 2.24) is 15.0 Å². The fourth-order valence-corrected chi connectivity index (χ4v) is 2.62. The van der Waals surface area contributed by atoms with Gasteiger partial charge in [-0.05, 0) is 24.0 Å². The van der Waals surface area contributed by atoms with E-state index in [1.807, 2.05) is 6.92 Å². The molecule has 3 aromatic rings. The van der Waals surface area contributed by atoms with Crippen molar-refractivity contribution in [3.05, 3.63) is 36.2 Å².